The van der Waals surface area contributed by atoms with E-state index in [4.69, 9.17) is 4.42 Å². The maximum Gasteiger partial charge on any atom is 0.387 e. The average molecular weight is 327 g/mol. The standard InChI is InChI=1S/C15H15F2NO3S/c1-10(22-9-13-3-2-8-20-13)14(19)18-11-4-6-12(7-5-11)21-15(16)17/h2-8,10,15H,9H2,1H3,(H,18,19). The highest BCUT2D eigenvalue weighted by atomic mass is 32.2. The van der Waals surface area contributed by atoms with Crippen LogP contribution in [-0.4, -0.2) is 17.8 Å². The second-order valence-corrected chi connectivity index (χ2v) is 5.75. The number of furan rings is 1. The summed E-state index contributed by atoms with van der Waals surface area (Å²) in [5, 5.41) is 2.44. The lowest BCUT2D eigenvalue weighted by molar-refractivity contribution is -0.115. The number of amides is 1. The van der Waals surface area contributed by atoms with E-state index in [-0.39, 0.29) is 16.9 Å². The molecule has 0 aliphatic carbocycles. The Labute approximate surface area is 130 Å². The number of nitrogens with one attached hydrogen (secondary N) is 1. The Morgan fingerprint density at radius 2 is 2.05 bits per heavy atom. The third kappa shape index (κ3) is 5.07. The van der Waals surface area contributed by atoms with Crippen LogP contribution in [0.25, 0.3) is 0 Å². The summed E-state index contributed by atoms with van der Waals surface area (Å²) in [7, 11) is 0. The minimum atomic E-state index is -2.86. The summed E-state index contributed by atoms with van der Waals surface area (Å²) in [5.41, 5.74) is 0.525. The number of ether oxygens (including phenoxy) is 1. The molecule has 0 spiro atoms. The molecular formula is C15H15F2NO3S. The van der Waals surface area contributed by atoms with Crippen LogP contribution in [0.15, 0.2) is 47.1 Å². The first kappa shape index (κ1) is 16.4. The number of alkyl halides is 2. The molecular weight excluding hydrogens is 312 g/mol. The molecule has 2 aromatic rings. The van der Waals surface area contributed by atoms with Crippen molar-refractivity contribution < 1.29 is 22.7 Å². The molecule has 0 bridgehead atoms. The third-order valence-electron chi connectivity index (χ3n) is 2.77. The molecule has 1 N–H and O–H groups in total. The molecule has 0 saturated heterocycles. The first-order chi connectivity index (χ1) is 10.5. The van der Waals surface area contributed by atoms with Crippen molar-refractivity contribution in [2.75, 3.05) is 5.32 Å². The second kappa shape index (κ2) is 7.84. The number of thioether (sulfide) groups is 1. The number of halogens is 2. The maximum absolute atomic E-state index is 12.0. The van der Waals surface area contributed by atoms with E-state index in [1.807, 2.05) is 6.07 Å². The number of benzene rings is 1. The van der Waals surface area contributed by atoms with Gasteiger partial charge < -0.3 is 14.5 Å². The van der Waals surface area contributed by atoms with Crippen molar-refractivity contribution in [3.8, 4) is 5.75 Å². The summed E-state index contributed by atoms with van der Waals surface area (Å²) < 4.78 is 33.5. The molecule has 22 heavy (non-hydrogen) atoms. The van der Waals surface area contributed by atoms with Gasteiger partial charge in [-0.2, -0.15) is 8.78 Å². The molecule has 1 aromatic heterocycles. The van der Waals surface area contributed by atoms with E-state index >= 15 is 0 Å². The quantitative estimate of drug-likeness (QED) is 0.830. The van der Waals surface area contributed by atoms with Gasteiger partial charge >= 0.3 is 6.61 Å². The Balaban J connectivity index is 1.82. The summed E-state index contributed by atoms with van der Waals surface area (Å²) in [4.78, 5) is 12.0. The van der Waals surface area contributed by atoms with Gasteiger partial charge in [-0.05, 0) is 43.3 Å². The fraction of sp³-hybridized carbons (Fsp3) is 0.267. The van der Waals surface area contributed by atoms with Crippen molar-refractivity contribution >= 4 is 23.4 Å². The molecule has 0 aliphatic rings. The van der Waals surface area contributed by atoms with Crippen LogP contribution in [0.3, 0.4) is 0 Å². The van der Waals surface area contributed by atoms with Crippen molar-refractivity contribution in [1.29, 1.82) is 0 Å². The normalized spacial score (nSPS) is 12.2. The minimum absolute atomic E-state index is 0.0493. The van der Waals surface area contributed by atoms with Crippen molar-refractivity contribution in [3.63, 3.8) is 0 Å². The molecule has 1 aromatic carbocycles. The molecule has 1 unspecified atom stereocenters. The van der Waals surface area contributed by atoms with E-state index in [2.05, 4.69) is 10.1 Å². The smallest absolute Gasteiger partial charge is 0.387 e. The molecule has 118 valence electrons. The van der Waals surface area contributed by atoms with Gasteiger partial charge in [0.05, 0.1) is 17.3 Å². The first-order valence-electron chi connectivity index (χ1n) is 6.54. The van der Waals surface area contributed by atoms with Crippen LogP contribution in [0.1, 0.15) is 12.7 Å². The zero-order valence-corrected chi connectivity index (χ0v) is 12.6. The number of anilines is 1. The summed E-state index contributed by atoms with van der Waals surface area (Å²) in [5.74, 6) is 1.29. The molecule has 7 heteroatoms. The summed E-state index contributed by atoms with van der Waals surface area (Å²) in [6.45, 7) is -1.07. The third-order valence-corrected chi connectivity index (χ3v) is 3.94. The highest BCUT2D eigenvalue weighted by Crippen LogP contribution is 2.21. The lowest BCUT2D eigenvalue weighted by Gasteiger charge is -2.12. The fourth-order valence-electron chi connectivity index (χ4n) is 1.64. The van der Waals surface area contributed by atoms with Gasteiger partial charge in [-0.3, -0.25) is 4.79 Å². The van der Waals surface area contributed by atoms with Crippen LogP contribution in [0.5, 0.6) is 5.75 Å². The Bertz CT molecular complexity index is 587. The SMILES string of the molecule is CC(SCc1ccco1)C(=O)Nc1ccc(OC(F)F)cc1. The number of rotatable bonds is 7. The largest absolute Gasteiger partial charge is 0.468 e. The van der Waals surface area contributed by atoms with Gasteiger partial charge in [-0.1, -0.05) is 0 Å². The zero-order chi connectivity index (χ0) is 15.9. The zero-order valence-electron chi connectivity index (χ0n) is 11.8. The number of hydrogen-bond acceptors (Lipinski definition) is 4. The van der Waals surface area contributed by atoms with Gasteiger partial charge in [-0.25, -0.2) is 0 Å². The Hall–Kier alpha value is -2.02. The van der Waals surface area contributed by atoms with Crippen molar-refractivity contribution in [2.45, 2.75) is 24.5 Å². The van der Waals surface area contributed by atoms with E-state index in [0.29, 0.717) is 11.4 Å². The van der Waals surface area contributed by atoms with Crippen molar-refractivity contribution in [2.24, 2.45) is 0 Å². The predicted octanol–water partition coefficient (Wildman–Crippen LogP) is 4.14. The summed E-state index contributed by atoms with van der Waals surface area (Å²) >= 11 is 1.44. The Morgan fingerprint density at radius 3 is 2.64 bits per heavy atom. The van der Waals surface area contributed by atoms with Crippen LogP contribution in [0, 0.1) is 0 Å². The Kier molecular flexibility index (Phi) is 5.83. The lowest BCUT2D eigenvalue weighted by Crippen LogP contribution is -2.22. The molecule has 2 rings (SSSR count). The molecule has 0 radical (unpaired) electrons. The van der Waals surface area contributed by atoms with Crippen LogP contribution in [-0.2, 0) is 10.5 Å². The molecule has 0 fully saturated rings. The first-order valence-corrected chi connectivity index (χ1v) is 7.59. The van der Waals surface area contributed by atoms with Crippen LogP contribution in [0.2, 0.25) is 0 Å². The predicted molar refractivity (Wildman–Crippen MR) is 81.2 cm³/mol. The van der Waals surface area contributed by atoms with Gasteiger partial charge in [-0.15, -0.1) is 11.8 Å². The molecule has 4 nitrogen and oxygen atoms in total. The number of hydrogen-bond donors (Lipinski definition) is 1. The molecule has 0 aliphatic heterocycles. The fourth-order valence-corrected chi connectivity index (χ4v) is 2.43. The van der Waals surface area contributed by atoms with E-state index < -0.39 is 6.61 Å². The highest BCUT2D eigenvalue weighted by Gasteiger charge is 2.14. The van der Waals surface area contributed by atoms with Gasteiger partial charge in [0.2, 0.25) is 5.91 Å². The van der Waals surface area contributed by atoms with Gasteiger partial charge in [0.1, 0.15) is 11.5 Å². The summed E-state index contributed by atoms with van der Waals surface area (Å²) in [6.07, 6.45) is 1.59. The van der Waals surface area contributed by atoms with Gasteiger partial charge in [0, 0.05) is 5.69 Å². The highest BCUT2D eigenvalue weighted by molar-refractivity contribution is 7.99. The minimum Gasteiger partial charge on any atom is -0.468 e. The second-order valence-electron chi connectivity index (χ2n) is 4.42. The van der Waals surface area contributed by atoms with Gasteiger partial charge in [0.25, 0.3) is 0 Å². The van der Waals surface area contributed by atoms with Crippen LogP contribution in [0.4, 0.5) is 14.5 Å². The van der Waals surface area contributed by atoms with Crippen LogP contribution < -0.4 is 10.1 Å². The number of carbonyl (C=O) groups excluding carboxylic acids is 1. The van der Waals surface area contributed by atoms with Crippen molar-refractivity contribution in [1.82, 2.24) is 0 Å². The van der Waals surface area contributed by atoms with E-state index in [0.717, 1.165) is 5.76 Å². The lowest BCUT2D eigenvalue weighted by atomic mass is 10.3. The topological polar surface area (TPSA) is 51.5 Å². The maximum atomic E-state index is 12.0. The van der Waals surface area contributed by atoms with Crippen molar-refractivity contribution in [3.05, 3.63) is 48.4 Å². The van der Waals surface area contributed by atoms with E-state index in [9.17, 15) is 13.6 Å². The van der Waals surface area contributed by atoms with Gasteiger partial charge in [0.15, 0.2) is 0 Å². The monoisotopic (exact) mass is 327 g/mol. The molecule has 1 heterocycles. The summed E-state index contributed by atoms with van der Waals surface area (Å²) in [6, 6.07) is 9.42. The number of carbonyl (C=O) groups is 1. The Morgan fingerprint density at radius 1 is 1.32 bits per heavy atom. The average Bonchev–Trinajstić information content (AvgIpc) is 2.99. The molecule has 1 amide bonds. The molecule has 1 atom stereocenters. The van der Waals surface area contributed by atoms with E-state index in [1.54, 1.807) is 19.3 Å². The molecule has 0 saturated carbocycles. The van der Waals surface area contributed by atoms with E-state index in [1.165, 1.54) is 36.0 Å². The van der Waals surface area contributed by atoms with Crippen LogP contribution >= 0.6 is 11.8 Å².